The molecule has 0 spiro atoms. The predicted octanol–water partition coefficient (Wildman–Crippen LogP) is 4.43. The summed E-state index contributed by atoms with van der Waals surface area (Å²) in [7, 11) is 0. The van der Waals surface area contributed by atoms with E-state index in [0.29, 0.717) is 18.4 Å². The molecule has 0 fully saturated rings. The number of alkyl halides is 1. The van der Waals surface area contributed by atoms with Crippen LogP contribution < -0.4 is 0 Å². The second kappa shape index (κ2) is 7.10. The van der Waals surface area contributed by atoms with Crippen LogP contribution >= 0.6 is 11.6 Å². The van der Waals surface area contributed by atoms with Crippen molar-refractivity contribution in [3.8, 4) is 0 Å². The second-order valence-corrected chi connectivity index (χ2v) is 5.91. The minimum Gasteiger partial charge on any atom is -0.376 e. The summed E-state index contributed by atoms with van der Waals surface area (Å²) in [5.41, 5.74) is 1.02. The highest BCUT2D eigenvalue weighted by atomic mass is 35.5. The fourth-order valence-electron chi connectivity index (χ4n) is 1.72. The Morgan fingerprint density at radius 3 is 2.33 bits per heavy atom. The summed E-state index contributed by atoms with van der Waals surface area (Å²) in [5.74, 6) is 0.780. The fourth-order valence-corrected chi connectivity index (χ4v) is 1.98. The molecule has 0 heterocycles. The van der Waals surface area contributed by atoms with Gasteiger partial charge < -0.3 is 4.74 Å². The van der Waals surface area contributed by atoms with Gasteiger partial charge in [-0.3, -0.25) is 0 Å². The van der Waals surface area contributed by atoms with Crippen LogP contribution in [0.2, 0.25) is 0 Å². The molecule has 0 amide bonds. The molecule has 0 aliphatic rings. The summed E-state index contributed by atoms with van der Waals surface area (Å²) in [4.78, 5) is 0. The number of rotatable bonds is 6. The molecule has 1 nitrogen and oxygen atoms in total. The van der Waals surface area contributed by atoms with E-state index in [9.17, 15) is 4.39 Å². The predicted molar refractivity (Wildman–Crippen MR) is 74.6 cm³/mol. The Morgan fingerprint density at radius 2 is 1.83 bits per heavy atom. The summed E-state index contributed by atoms with van der Waals surface area (Å²) in [5, 5.41) is 0. The van der Waals surface area contributed by atoms with Gasteiger partial charge in [0.05, 0.1) is 5.60 Å². The van der Waals surface area contributed by atoms with Gasteiger partial charge in [0.25, 0.3) is 0 Å². The minimum absolute atomic E-state index is 0.104. The zero-order valence-electron chi connectivity index (χ0n) is 11.4. The third kappa shape index (κ3) is 6.36. The van der Waals surface area contributed by atoms with Gasteiger partial charge in [-0.25, -0.2) is 4.39 Å². The SMILES string of the molecule is CC(C)(C)OCCC(CCl)Cc1ccc(F)cc1. The number of ether oxygens (including phenoxy) is 1. The monoisotopic (exact) mass is 272 g/mol. The third-order valence-corrected chi connectivity index (χ3v) is 3.15. The molecule has 0 aromatic heterocycles. The van der Waals surface area contributed by atoms with Crippen molar-refractivity contribution in [1.82, 2.24) is 0 Å². The lowest BCUT2D eigenvalue weighted by Gasteiger charge is -2.21. The summed E-state index contributed by atoms with van der Waals surface area (Å²) in [6, 6.07) is 6.62. The van der Waals surface area contributed by atoms with Gasteiger partial charge in [0, 0.05) is 12.5 Å². The van der Waals surface area contributed by atoms with Crippen LogP contribution in [0.3, 0.4) is 0 Å². The van der Waals surface area contributed by atoms with Crippen molar-refractivity contribution in [3.05, 3.63) is 35.6 Å². The Balaban J connectivity index is 2.40. The molecule has 1 unspecified atom stereocenters. The summed E-state index contributed by atoms with van der Waals surface area (Å²) in [6.45, 7) is 6.84. The van der Waals surface area contributed by atoms with Gasteiger partial charge >= 0.3 is 0 Å². The highest BCUT2D eigenvalue weighted by molar-refractivity contribution is 6.18. The quantitative estimate of drug-likeness (QED) is 0.696. The van der Waals surface area contributed by atoms with Crippen LogP contribution in [0.15, 0.2) is 24.3 Å². The number of benzene rings is 1. The molecule has 0 aliphatic heterocycles. The summed E-state index contributed by atoms with van der Waals surface area (Å²) in [6.07, 6.45) is 1.80. The van der Waals surface area contributed by atoms with E-state index >= 15 is 0 Å². The first kappa shape index (κ1) is 15.5. The van der Waals surface area contributed by atoms with Crippen molar-refractivity contribution in [2.45, 2.75) is 39.2 Å². The van der Waals surface area contributed by atoms with Crippen LogP contribution in [0.25, 0.3) is 0 Å². The van der Waals surface area contributed by atoms with E-state index in [0.717, 1.165) is 18.4 Å². The molecule has 0 N–H and O–H groups in total. The van der Waals surface area contributed by atoms with Gasteiger partial charge in [-0.1, -0.05) is 12.1 Å². The van der Waals surface area contributed by atoms with Gasteiger partial charge in [0.2, 0.25) is 0 Å². The third-order valence-electron chi connectivity index (χ3n) is 2.72. The average Bonchev–Trinajstić information content (AvgIpc) is 2.29. The lowest BCUT2D eigenvalue weighted by molar-refractivity contribution is -0.00831. The van der Waals surface area contributed by atoms with Gasteiger partial charge in [-0.05, 0) is 57.2 Å². The Hall–Kier alpha value is -0.600. The lowest BCUT2D eigenvalue weighted by Crippen LogP contribution is -2.21. The Kier molecular flexibility index (Phi) is 6.10. The molecule has 0 saturated carbocycles. The van der Waals surface area contributed by atoms with E-state index in [2.05, 4.69) is 0 Å². The molecule has 3 heteroatoms. The molecule has 18 heavy (non-hydrogen) atoms. The topological polar surface area (TPSA) is 9.23 Å². The maximum absolute atomic E-state index is 12.8. The number of hydrogen-bond acceptors (Lipinski definition) is 1. The second-order valence-electron chi connectivity index (χ2n) is 5.60. The van der Waals surface area contributed by atoms with Crippen molar-refractivity contribution in [3.63, 3.8) is 0 Å². The van der Waals surface area contributed by atoms with Crippen LogP contribution in [0.5, 0.6) is 0 Å². The molecule has 1 aromatic carbocycles. The van der Waals surface area contributed by atoms with Crippen LogP contribution in [0.1, 0.15) is 32.8 Å². The van der Waals surface area contributed by atoms with Gasteiger partial charge in [-0.15, -0.1) is 11.6 Å². The average molecular weight is 273 g/mol. The first-order valence-electron chi connectivity index (χ1n) is 6.35. The van der Waals surface area contributed by atoms with Crippen molar-refractivity contribution in [2.75, 3.05) is 12.5 Å². The zero-order chi connectivity index (χ0) is 13.6. The van der Waals surface area contributed by atoms with E-state index in [4.69, 9.17) is 16.3 Å². The van der Waals surface area contributed by atoms with E-state index < -0.39 is 0 Å². The van der Waals surface area contributed by atoms with E-state index in [1.165, 1.54) is 12.1 Å². The maximum atomic E-state index is 12.8. The number of hydrogen-bond donors (Lipinski definition) is 0. The van der Waals surface area contributed by atoms with Crippen molar-refractivity contribution in [1.29, 1.82) is 0 Å². The standard InChI is InChI=1S/C15H22ClFO/c1-15(2,3)18-9-8-13(11-16)10-12-4-6-14(17)7-5-12/h4-7,13H,8-11H2,1-3H3. The maximum Gasteiger partial charge on any atom is 0.123 e. The van der Waals surface area contributed by atoms with E-state index in [-0.39, 0.29) is 11.4 Å². The summed E-state index contributed by atoms with van der Waals surface area (Å²) < 4.78 is 18.5. The Morgan fingerprint density at radius 1 is 1.22 bits per heavy atom. The van der Waals surface area contributed by atoms with E-state index in [1.807, 2.05) is 32.9 Å². The largest absolute Gasteiger partial charge is 0.376 e. The molecular formula is C15H22ClFO. The first-order chi connectivity index (χ1) is 8.40. The highest BCUT2D eigenvalue weighted by Crippen LogP contribution is 2.16. The Labute approximate surface area is 114 Å². The van der Waals surface area contributed by atoms with Crippen molar-refractivity contribution in [2.24, 2.45) is 5.92 Å². The number of halogens is 2. The smallest absolute Gasteiger partial charge is 0.123 e. The van der Waals surface area contributed by atoms with Gasteiger partial charge in [-0.2, -0.15) is 0 Å². The van der Waals surface area contributed by atoms with Gasteiger partial charge in [0.15, 0.2) is 0 Å². The molecule has 1 aromatic rings. The molecule has 1 atom stereocenters. The highest BCUT2D eigenvalue weighted by Gasteiger charge is 2.13. The normalized spacial score (nSPS) is 13.6. The van der Waals surface area contributed by atoms with Crippen LogP contribution in [-0.4, -0.2) is 18.1 Å². The molecule has 0 aliphatic carbocycles. The molecular weight excluding hydrogens is 251 g/mol. The summed E-state index contributed by atoms with van der Waals surface area (Å²) >= 11 is 5.97. The van der Waals surface area contributed by atoms with Gasteiger partial charge in [0.1, 0.15) is 5.82 Å². The molecule has 102 valence electrons. The van der Waals surface area contributed by atoms with Crippen molar-refractivity contribution >= 4 is 11.6 Å². The zero-order valence-corrected chi connectivity index (χ0v) is 12.1. The van der Waals surface area contributed by atoms with Crippen LogP contribution in [0, 0.1) is 11.7 Å². The fraction of sp³-hybridized carbons (Fsp3) is 0.600. The lowest BCUT2D eigenvalue weighted by atomic mass is 9.98. The molecule has 0 bridgehead atoms. The van der Waals surface area contributed by atoms with Crippen LogP contribution in [-0.2, 0) is 11.2 Å². The Bertz CT molecular complexity index is 343. The molecule has 0 saturated heterocycles. The molecule has 1 rings (SSSR count). The first-order valence-corrected chi connectivity index (χ1v) is 6.88. The minimum atomic E-state index is -0.197. The van der Waals surface area contributed by atoms with Crippen LogP contribution in [0.4, 0.5) is 4.39 Å². The molecule has 0 radical (unpaired) electrons. The van der Waals surface area contributed by atoms with Crippen molar-refractivity contribution < 1.29 is 9.13 Å². The van der Waals surface area contributed by atoms with E-state index in [1.54, 1.807) is 0 Å².